The Bertz CT molecular complexity index is 499. The standard InChI is InChI=1S/C19H28N2O2/c22-17-11-6-12-21(14-17)19(23)20-18(16-9-4-5-10-16)13-15-7-2-1-3-8-15/h1-3,7-8,16-18,22H,4-6,9-14H2,(H,20,23). The summed E-state index contributed by atoms with van der Waals surface area (Å²) < 4.78 is 0. The molecule has 23 heavy (non-hydrogen) atoms. The van der Waals surface area contributed by atoms with Gasteiger partial charge in [0, 0.05) is 19.1 Å². The van der Waals surface area contributed by atoms with Gasteiger partial charge in [0.1, 0.15) is 0 Å². The van der Waals surface area contributed by atoms with E-state index in [2.05, 4.69) is 29.6 Å². The molecule has 2 atom stereocenters. The number of benzene rings is 1. The number of hydrogen-bond donors (Lipinski definition) is 2. The van der Waals surface area contributed by atoms with E-state index >= 15 is 0 Å². The number of β-amino-alcohol motifs (C(OH)–C–C–N with tert-alkyl or cyclic N) is 1. The lowest BCUT2D eigenvalue weighted by Crippen LogP contribution is -2.51. The SMILES string of the molecule is O=C(NC(Cc1ccccc1)C1CCCC1)N1CCCC(O)C1. The van der Waals surface area contributed by atoms with Crippen LogP contribution in [0.5, 0.6) is 0 Å². The summed E-state index contributed by atoms with van der Waals surface area (Å²) in [5.41, 5.74) is 1.28. The zero-order valence-electron chi connectivity index (χ0n) is 13.8. The van der Waals surface area contributed by atoms with Gasteiger partial charge in [0.05, 0.1) is 6.10 Å². The van der Waals surface area contributed by atoms with E-state index in [1.54, 1.807) is 4.90 Å². The van der Waals surface area contributed by atoms with Gasteiger partial charge in [-0.15, -0.1) is 0 Å². The van der Waals surface area contributed by atoms with E-state index in [9.17, 15) is 9.90 Å². The molecule has 0 aromatic heterocycles. The van der Waals surface area contributed by atoms with Gasteiger partial charge in [-0.05, 0) is 43.6 Å². The zero-order valence-corrected chi connectivity index (χ0v) is 13.8. The number of amides is 2. The van der Waals surface area contributed by atoms with Crippen molar-refractivity contribution in [3.8, 4) is 0 Å². The van der Waals surface area contributed by atoms with Gasteiger partial charge < -0.3 is 15.3 Å². The molecule has 0 radical (unpaired) electrons. The Morgan fingerprint density at radius 1 is 1.17 bits per heavy atom. The van der Waals surface area contributed by atoms with Crippen LogP contribution >= 0.6 is 0 Å². The predicted octanol–water partition coefficient (Wildman–Crippen LogP) is 2.95. The molecule has 1 aromatic rings. The topological polar surface area (TPSA) is 52.6 Å². The Morgan fingerprint density at radius 2 is 1.91 bits per heavy atom. The number of aliphatic hydroxyl groups excluding tert-OH is 1. The van der Waals surface area contributed by atoms with E-state index < -0.39 is 0 Å². The second-order valence-electron chi connectivity index (χ2n) is 7.03. The molecule has 1 heterocycles. The fourth-order valence-electron chi connectivity index (χ4n) is 3.95. The number of carbonyl (C=O) groups is 1. The van der Waals surface area contributed by atoms with Crippen LogP contribution in [0, 0.1) is 5.92 Å². The summed E-state index contributed by atoms with van der Waals surface area (Å²) in [5.74, 6) is 0.578. The average molecular weight is 316 g/mol. The largest absolute Gasteiger partial charge is 0.391 e. The van der Waals surface area contributed by atoms with E-state index in [0.29, 0.717) is 12.5 Å². The number of nitrogens with one attached hydrogen (secondary N) is 1. The maximum Gasteiger partial charge on any atom is 0.317 e. The molecular weight excluding hydrogens is 288 g/mol. The van der Waals surface area contributed by atoms with Crippen molar-refractivity contribution in [1.29, 1.82) is 0 Å². The molecule has 1 aliphatic carbocycles. The molecule has 2 fully saturated rings. The summed E-state index contributed by atoms with van der Waals surface area (Å²) in [6.07, 6.45) is 7.19. The summed E-state index contributed by atoms with van der Waals surface area (Å²) in [7, 11) is 0. The van der Waals surface area contributed by atoms with Gasteiger partial charge in [-0.2, -0.15) is 0 Å². The van der Waals surface area contributed by atoms with Crippen molar-refractivity contribution in [3.05, 3.63) is 35.9 Å². The van der Waals surface area contributed by atoms with Crippen LogP contribution in [0.2, 0.25) is 0 Å². The lowest BCUT2D eigenvalue weighted by molar-refractivity contribution is 0.0824. The summed E-state index contributed by atoms with van der Waals surface area (Å²) in [5, 5.41) is 13.1. The number of urea groups is 1. The van der Waals surface area contributed by atoms with E-state index in [1.807, 2.05) is 6.07 Å². The van der Waals surface area contributed by atoms with Crippen LogP contribution in [-0.2, 0) is 6.42 Å². The van der Waals surface area contributed by atoms with Gasteiger partial charge in [0.25, 0.3) is 0 Å². The molecule has 3 rings (SSSR count). The summed E-state index contributed by atoms with van der Waals surface area (Å²) in [6, 6.07) is 10.6. The number of hydrogen-bond acceptors (Lipinski definition) is 2. The van der Waals surface area contributed by atoms with Gasteiger partial charge in [0.15, 0.2) is 0 Å². The lowest BCUT2D eigenvalue weighted by atomic mass is 9.92. The second-order valence-corrected chi connectivity index (χ2v) is 7.03. The van der Waals surface area contributed by atoms with Gasteiger partial charge in [0.2, 0.25) is 0 Å². The Labute approximate surface area is 138 Å². The number of likely N-dealkylation sites (tertiary alicyclic amines) is 1. The highest BCUT2D eigenvalue weighted by Gasteiger charge is 2.29. The van der Waals surface area contributed by atoms with E-state index in [1.165, 1.54) is 31.2 Å². The number of piperidine rings is 1. The molecule has 1 saturated carbocycles. The quantitative estimate of drug-likeness (QED) is 0.897. The van der Waals surface area contributed by atoms with Crippen LogP contribution in [0.25, 0.3) is 0 Å². The molecular formula is C19H28N2O2. The molecule has 0 bridgehead atoms. The Hall–Kier alpha value is -1.55. The fraction of sp³-hybridized carbons (Fsp3) is 0.632. The first-order valence-electron chi connectivity index (χ1n) is 9.00. The van der Waals surface area contributed by atoms with Crippen molar-refractivity contribution >= 4 is 6.03 Å². The van der Waals surface area contributed by atoms with Gasteiger partial charge in [-0.1, -0.05) is 43.2 Å². The van der Waals surface area contributed by atoms with Crippen molar-refractivity contribution in [3.63, 3.8) is 0 Å². The molecule has 2 N–H and O–H groups in total. The molecule has 2 aliphatic rings. The minimum atomic E-state index is -0.367. The third-order valence-corrected chi connectivity index (χ3v) is 5.26. The molecule has 2 amide bonds. The molecule has 1 saturated heterocycles. The number of nitrogens with zero attached hydrogens (tertiary/aromatic N) is 1. The smallest absolute Gasteiger partial charge is 0.317 e. The predicted molar refractivity (Wildman–Crippen MR) is 91.2 cm³/mol. The highest BCUT2D eigenvalue weighted by Crippen LogP contribution is 2.29. The normalized spacial score (nSPS) is 23.7. The zero-order chi connectivity index (χ0) is 16.1. The molecule has 126 valence electrons. The molecule has 2 unspecified atom stereocenters. The summed E-state index contributed by atoms with van der Waals surface area (Å²) in [4.78, 5) is 14.4. The van der Waals surface area contributed by atoms with Gasteiger partial charge >= 0.3 is 6.03 Å². The van der Waals surface area contributed by atoms with Crippen molar-refractivity contribution < 1.29 is 9.90 Å². The van der Waals surface area contributed by atoms with Crippen molar-refractivity contribution in [1.82, 2.24) is 10.2 Å². The van der Waals surface area contributed by atoms with Crippen molar-refractivity contribution in [2.75, 3.05) is 13.1 Å². The van der Waals surface area contributed by atoms with Crippen LogP contribution in [0.3, 0.4) is 0 Å². The van der Waals surface area contributed by atoms with E-state index in [4.69, 9.17) is 0 Å². The average Bonchev–Trinajstić information content (AvgIpc) is 3.09. The number of rotatable bonds is 4. The van der Waals surface area contributed by atoms with Crippen LogP contribution in [0.4, 0.5) is 4.79 Å². The highest BCUT2D eigenvalue weighted by molar-refractivity contribution is 5.74. The van der Waals surface area contributed by atoms with Gasteiger partial charge in [-0.3, -0.25) is 0 Å². The van der Waals surface area contributed by atoms with Crippen LogP contribution < -0.4 is 5.32 Å². The van der Waals surface area contributed by atoms with E-state index in [-0.39, 0.29) is 18.2 Å². The third kappa shape index (κ3) is 4.47. The summed E-state index contributed by atoms with van der Waals surface area (Å²) >= 11 is 0. The Morgan fingerprint density at radius 3 is 2.61 bits per heavy atom. The second kappa shape index (κ2) is 7.82. The maximum absolute atomic E-state index is 12.6. The Kier molecular flexibility index (Phi) is 5.55. The van der Waals surface area contributed by atoms with Crippen molar-refractivity contribution in [2.45, 2.75) is 57.1 Å². The summed E-state index contributed by atoms with van der Waals surface area (Å²) in [6.45, 7) is 1.22. The molecule has 0 spiro atoms. The van der Waals surface area contributed by atoms with E-state index in [0.717, 1.165) is 25.8 Å². The van der Waals surface area contributed by atoms with Gasteiger partial charge in [-0.25, -0.2) is 4.79 Å². The molecule has 4 nitrogen and oxygen atoms in total. The van der Waals surface area contributed by atoms with Crippen LogP contribution in [0.1, 0.15) is 44.1 Å². The first-order valence-corrected chi connectivity index (χ1v) is 9.00. The molecule has 1 aromatic carbocycles. The number of carbonyl (C=O) groups excluding carboxylic acids is 1. The van der Waals surface area contributed by atoms with Crippen molar-refractivity contribution in [2.24, 2.45) is 5.92 Å². The first-order chi connectivity index (χ1) is 11.2. The third-order valence-electron chi connectivity index (χ3n) is 5.26. The monoisotopic (exact) mass is 316 g/mol. The van der Waals surface area contributed by atoms with Crippen LogP contribution in [0.15, 0.2) is 30.3 Å². The minimum absolute atomic E-state index is 0.00317. The fourth-order valence-corrected chi connectivity index (χ4v) is 3.95. The lowest BCUT2D eigenvalue weighted by Gasteiger charge is -2.33. The number of aliphatic hydroxyl groups is 1. The molecule has 4 heteroatoms. The first kappa shape index (κ1) is 16.3. The molecule has 1 aliphatic heterocycles. The maximum atomic E-state index is 12.6. The highest BCUT2D eigenvalue weighted by atomic mass is 16.3. The van der Waals surface area contributed by atoms with Crippen LogP contribution in [-0.4, -0.2) is 41.3 Å². The Balaban J connectivity index is 1.64. The minimum Gasteiger partial charge on any atom is -0.391 e.